The first-order valence-electron chi connectivity index (χ1n) is 8.65. The van der Waals surface area contributed by atoms with Crippen LogP contribution < -0.4 is 10.2 Å². The third-order valence-corrected chi connectivity index (χ3v) is 4.17. The largest absolute Gasteiger partial charge is 0.353 e. The molecule has 0 bridgehead atoms. The first-order valence-corrected chi connectivity index (χ1v) is 8.65. The van der Waals surface area contributed by atoms with Gasteiger partial charge in [0.15, 0.2) is 0 Å². The van der Waals surface area contributed by atoms with Gasteiger partial charge in [-0.25, -0.2) is 9.97 Å². The van der Waals surface area contributed by atoms with Crippen molar-refractivity contribution in [2.24, 2.45) is 0 Å². The number of hydrogen-bond acceptors (Lipinski definition) is 5. The number of aryl methyl sites for hydroxylation is 1. The number of carbonyl (C=O) groups is 2. The molecule has 0 aromatic carbocycles. The number of nitrogens with one attached hydrogen (secondary N) is 1. The highest BCUT2D eigenvalue weighted by Gasteiger charge is 2.21. The zero-order valence-electron chi connectivity index (χ0n) is 14.8. The van der Waals surface area contributed by atoms with Gasteiger partial charge in [-0.2, -0.15) is 0 Å². The van der Waals surface area contributed by atoms with Crippen molar-refractivity contribution in [3.8, 4) is 0 Å². The molecule has 1 aromatic heterocycles. The number of hydrogen-bond donors (Lipinski definition) is 1. The summed E-state index contributed by atoms with van der Waals surface area (Å²) in [5, 5.41) is 2.91. The predicted molar refractivity (Wildman–Crippen MR) is 93.1 cm³/mol. The average molecular weight is 333 g/mol. The molecule has 1 aromatic rings. The highest BCUT2D eigenvalue weighted by molar-refractivity contribution is 5.92. The number of nitrogens with zero attached hydrogens (tertiary/aromatic N) is 4. The second kappa shape index (κ2) is 8.61. The van der Waals surface area contributed by atoms with Crippen LogP contribution in [-0.2, 0) is 4.79 Å². The van der Waals surface area contributed by atoms with E-state index in [0.29, 0.717) is 44.2 Å². The Morgan fingerprint density at radius 2 is 1.88 bits per heavy atom. The lowest BCUT2D eigenvalue weighted by Gasteiger charge is -2.35. The first-order chi connectivity index (χ1) is 11.5. The zero-order valence-corrected chi connectivity index (χ0v) is 14.8. The molecule has 0 spiro atoms. The van der Waals surface area contributed by atoms with Gasteiger partial charge in [0.05, 0.1) is 0 Å². The molecule has 2 rings (SSSR count). The molecule has 1 saturated heterocycles. The number of anilines is 1. The van der Waals surface area contributed by atoms with Crippen molar-refractivity contribution in [1.82, 2.24) is 20.2 Å². The van der Waals surface area contributed by atoms with Gasteiger partial charge in [0.25, 0.3) is 5.91 Å². The molecule has 0 aliphatic carbocycles. The van der Waals surface area contributed by atoms with Gasteiger partial charge in [-0.3, -0.25) is 9.59 Å². The van der Waals surface area contributed by atoms with Crippen molar-refractivity contribution in [3.05, 3.63) is 17.6 Å². The third-order valence-electron chi connectivity index (χ3n) is 4.17. The molecule has 0 saturated carbocycles. The van der Waals surface area contributed by atoms with Crippen LogP contribution >= 0.6 is 0 Å². The van der Waals surface area contributed by atoms with E-state index in [1.54, 1.807) is 19.9 Å². The van der Waals surface area contributed by atoms with E-state index in [0.717, 1.165) is 25.1 Å². The fraction of sp³-hybridized carbons (Fsp3) is 0.647. The minimum Gasteiger partial charge on any atom is -0.353 e. The highest BCUT2D eigenvalue weighted by atomic mass is 16.2. The van der Waals surface area contributed by atoms with Gasteiger partial charge in [0, 0.05) is 45.7 Å². The second-order valence-electron chi connectivity index (χ2n) is 6.11. The summed E-state index contributed by atoms with van der Waals surface area (Å²) in [6, 6.07) is 1.74. The van der Waals surface area contributed by atoms with Crippen molar-refractivity contribution in [2.45, 2.75) is 40.0 Å². The summed E-state index contributed by atoms with van der Waals surface area (Å²) in [7, 11) is 0. The lowest BCUT2D eigenvalue weighted by Crippen LogP contribution is -2.48. The summed E-state index contributed by atoms with van der Waals surface area (Å²) in [4.78, 5) is 36.3. The van der Waals surface area contributed by atoms with Crippen LogP contribution in [0.2, 0.25) is 0 Å². The molecule has 0 atom stereocenters. The Balaban J connectivity index is 2.00. The van der Waals surface area contributed by atoms with Crippen molar-refractivity contribution in [1.29, 1.82) is 0 Å². The van der Waals surface area contributed by atoms with Gasteiger partial charge in [0.2, 0.25) is 5.91 Å². The van der Waals surface area contributed by atoms with E-state index in [1.807, 2.05) is 4.90 Å². The van der Waals surface area contributed by atoms with Crippen LogP contribution in [0.5, 0.6) is 0 Å². The van der Waals surface area contributed by atoms with Crippen LogP contribution in [0.25, 0.3) is 0 Å². The maximum atomic E-state index is 12.3. The predicted octanol–water partition coefficient (Wildman–Crippen LogP) is 1.37. The number of aromatic nitrogens is 2. The monoisotopic (exact) mass is 333 g/mol. The Labute approximate surface area is 143 Å². The molecule has 7 heteroatoms. The molecule has 24 heavy (non-hydrogen) atoms. The maximum Gasteiger partial charge on any atom is 0.270 e. The normalized spacial score (nSPS) is 14.6. The van der Waals surface area contributed by atoms with Crippen molar-refractivity contribution in [2.75, 3.05) is 37.6 Å². The smallest absolute Gasteiger partial charge is 0.270 e. The fourth-order valence-corrected chi connectivity index (χ4v) is 2.75. The van der Waals surface area contributed by atoms with Crippen molar-refractivity contribution >= 4 is 17.6 Å². The molecule has 1 N–H and O–H groups in total. The van der Waals surface area contributed by atoms with Gasteiger partial charge >= 0.3 is 0 Å². The summed E-state index contributed by atoms with van der Waals surface area (Å²) in [6.45, 7) is 8.97. The Kier molecular flexibility index (Phi) is 6.52. The number of piperazine rings is 1. The minimum atomic E-state index is -0.153. The van der Waals surface area contributed by atoms with E-state index in [2.05, 4.69) is 27.1 Å². The molecule has 0 unspecified atom stereocenters. The van der Waals surface area contributed by atoms with Gasteiger partial charge in [-0.1, -0.05) is 19.8 Å². The quantitative estimate of drug-likeness (QED) is 0.796. The summed E-state index contributed by atoms with van der Waals surface area (Å²) >= 11 is 0. The molecule has 2 heterocycles. The van der Waals surface area contributed by atoms with Crippen LogP contribution in [0, 0.1) is 6.92 Å². The number of amides is 2. The van der Waals surface area contributed by atoms with Crippen LogP contribution in [0.4, 0.5) is 5.82 Å². The van der Waals surface area contributed by atoms with Gasteiger partial charge in [0.1, 0.15) is 17.3 Å². The second-order valence-corrected chi connectivity index (χ2v) is 6.11. The standard InChI is InChI=1S/C17H27N5O2/c1-4-5-6-7-18-17(24)15-12-16(20-13(2)19-15)22-10-8-21(9-11-22)14(3)23/h12H,4-11H2,1-3H3,(H,18,24). The van der Waals surface area contributed by atoms with Crippen LogP contribution in [0.1, 0.15) is 49.4 Å². The van der Waals surface area contributed by atoms with E-state index < -0.39 is 0 Å². The molecule has 7 nitrogen and oxygen atoms in total. The van der Waals surface area contributed by atoms with Crippen LogP contribution in [0.3, 0.4) is 0 Å². The maximum absolute atomic E-state index is 12.3. The SMILES string of the molecule is CCCCCNC(=O)c1cc(N2CCN(C(C)=O)CC2)nc(C)n1. The summed E-state index contributed by atoms with van der Waals surface area (Å²) in [6.07, 6.45) is 3.21. The van der Waals surface area contributed by atoms with Crippen molar-refractivity contribution in [3.63, 3.8) is 0 Å². The van der Waals surface area contributed by atoms with Gasteiger partial charge in [-0.05, 0) is 13.3 Å². The molecule has 1 aliphatic rings. The van der Waals surface area contributed by atoms with Crippen molar-refractivity contribution < 1.29 is 9.59 Å². The molecule has 132 valence electrons. The third kappa shape index (κ3) is 4.91. The molecule has 1 aliphatic heterocycles. The summed E-state index contributed by atoms with van der Waals surface area (Å²) < 4.78 is 0. The Bertz CT molecular complexity index is 582. The van der Waals surface area contributed by atoms with Gasteiger partial charge < -0.3 is 15.1 Å². The molecular formula is C17H27N5O2. The highest BCUT2D eigenvalue weighted by Crippen LogP contribution is 2.15. The van der Waals surface area contributed by atoms with Gasteiger partial charge in [-0.15, -0.1) is 0 Å². The Morgan fingerprint density at radius 1 is 1.17 bits per heavy atom. The molecular weight excluding hydrogens is 306 g/mol. The molecule has 0 radical (unpaired) electrons. The summed E-state index contributed by atoms with van der Waals surface area (Å²) in [5.41, 5.74) is 0.406. The summed E-state index contributed by atoms with van der Waals surface area (Å²) in [5.74, 6) is 1.28. The van der Waals surface area contributed by atoms with E-state index in [4.69, 9.17) is 0 Å². The number of unbranched alkanes of at least 4 members (excludes halogenated alkanes) is 2. The Morgan fingerprint density at radius 3 is 2.50 bits per heavy atom. The molecule has 2 amide bonds. The topological polar surface area (TPSA) is 78.4 Å². The fourth-order valence-electron chi connectivity index (χ4n) is 2.75. The van der Waals surface area contributed by atoms with E-state index in [9.17, 15) is 9.59 Å². The lowest BCUT2D eigenvalue weighted by atomic mass is 10.2. The number of rotatable bonds is 6. The van der Waals surface area contributed by atoms with Crippen LogP contribution in [0.15, 0.2) is 6.07 Å². The Hall–Kier alpha value is -2.18. The zero-order chi connectivity index (χ0) is 17.5. The van der Waals surface area contributed by atoms with E-state index in [1.165, 1.54) is 0 Å². The first kappa shape index (κ1) is 18.2. The van der Waals surface area contributed by atoms with E-state index in [-0.39, 0.29) is 11.8 Å². The number of carbonyl (C=O) groups excluding carboxylic acids is 2. The average Bonchev–Trinajstić information content (AvgIpc) is 2.58. The molecule has 1 fully saturated rings. The minimum absolute atomic E-state index is 0.0978. The van der Waals surface area contributed by atoms with Crippen LogP contribution in [-0.4, -0.2) is 59.4 Å². The van der Waals surface area contributed by atoms with E-state index >= 15 is 0 Å². The lowest BCUT2D eigenvalue weighted by molar-refractivity contribution is -0.129.